The molecular formula is C16H17ClN4O4S. The predicted octanol–water partition coefficient (Wildman–Crippen LogP) is 1.13. The van der Waals surface area contributed by atoms with E-state index in [-0.39, 0.29) is 15.6 Å². The van der Waals surface area contributed by atoms with Gasteiger partial charge in [-0.15, -0.1) is 0 Å². The summed E-state index contributed by atoms with van der Waals surface area (Å²) in [6.07, 6.45) is 1.35. The minimum Gasteiger partial charge on any atom is -0.272 e. The average molecular weight is 397 g/mol. The highest BCUT2D eigenvalue weighted by atomic mass is 35.5. The molecule has 0 aliphatic rings. The van der Waals surface area contributed by atoms with Gasteiger partial charge >= 0.3 is 0 Å². The van der Waals surface area contributed by atoms with Crippen LogP contribution in [0.1, 0.15) is 15.9 Å². The van der Waals surface area contributed by atoms with Crippen molar-refractivity contribution in [3.8, 4) is 0 Å². The minimum absolute atomic E-state index is 0.0777. The fourth-order valence-corrected chi connectivity index (χ4v) is 3.26. The lowest BCUT2D eigenvalue weighted by molar-refractivity contribution is -0.121. The van der Waals surface area contributed by atoms with E-state index in [1.54, 1.807) is 12.1 Å². The summed E-state index contributed by atoms with van der Waals surface area (Å²) in [6.45, 7) is 1.37. The van der Waals surface area contributed by atoms with E-state index in [2.05, 4.69) is 15.8 Å². The molecule has 1 aromatic heterocycles. The SMILES string of the molecule is Cc1ccc(S(=O)(=O)N(C)CC(=O)NNC(=O)c2ccnc(Cl)c2)cc1. The Labute approximate surface area is 156 Å². The van der Waals surface area contributed by atoms with Gasteiger partial charge in [0.05, 0.1) is 11.4 Å². The zero-order valence-corrected chi connectivity index (χ0v) is 15.6. The largest absolute Gasteiger partial charge is 0.272 e. The highest BCUT2D eigenvalue weighted by Gasteiger charge is 2.23. The second-order valence-corrected chi connectivity index (χ2v) is 7.88. The molecule has 2 amide bonds. The maximum absolute atomic E-state index is 12.4. The number of hydrogen-bond donors (Lipinski definition) is 2. The molecule has 0 saturated heterocycles. The number of nitrogens with one attached hydrogen (secondary N) is 2. The maximum Gasteiger partial charge on any atom is 0.269 e. The first kappa shape index (κ1) is 19.8. The molecule has 0 spiro atoms. The van der Waals surface area contributed by atoms with Crippen molar-refractivity contribution in [2.75, 3.05) is 13.6 Å². The Kier molecular flexibility index (Phi) is 6.30. The Morgan fingerprint density at radius 3 is 2.42 bits per heavy atom. The van der Waals surface area contributed by atoms with Crippen LogP contribution in [-0.2, 0) is 14.8 Å². The molecule has 0 fully saturated rings. The van der Waals surface area contributed by atoms with Crippen molar-refractivity contribution >= 4 is 33.4 Å². The lowest BCUT2D eigenvalue weighted by Crippen LogP contribution is -2.46. The molecule has 1 heterocycles. The summed E-state index contributed by atoms with van der Waals surface area (Å²) in [6, 6.07) is 9.02. The van der Waals surface area contributed by atoms with Crippen molar-refractivity contribution in [3.63, 3.8) is 0 Å². The van der Waals surface area contributed by atoms with Crippen LogP contribution in [0.15, 0.2) is 47.5 Å². The van der Waals surface area contributed by atoms with E-state index in [0.717, 1.165) is 9.87 Å². The number of benzene rings is 1. The zero-order chi connectivity index (χ0) is 19.3. The molecule has 2 N–H and O–H groups in total. The number of amides is 2. The first-order chi connectivity index (χ1) is 12.2. The summed E-state index contributed by atoms with van der Waals surface area (Å²) in [5.41, 5.74) is 5.46. The molecule has 0 radical (unpaired) electrons. The Morgan fingerprint density at radius 1 is 1.15 bits per heavy atom. The topological polar surface area (TPSA) is 108 Å². The van der Waals surface area contributed by atoms with Crippen molar-refractivity contribution in [1.29, 1.82) is 0 Å². The van der Waals surface area contributed by atoms with E-state index < -0.39 is 28.4 Å². The molecule has 0 saturated carbocycles. The van der Waals surface area contributed by atoms with Gasteiger partial charge in [-0.3, -0.25) is 20.4 Å². The van der Waals surface area contributed by atoms with Crippen LogP contribution in [0.5, 0.6) is 0 Å². The molecule has 2 rings (SSSR count). The number of nitrogens with zero attached hydrogens (tertiary/aromatic N) is 2. The fraction of sp³-hybridized carbons (Fsp3) is 0.188. The van der Waals surface area contributed by atoms with Crippen LogP contribution in [0.25, 0.3) is 0 Å². The van der Waals surface area contributed by atoms with Gasteiger partial charge < -0.3 is 0 Å². The molecule has 0 aliphatic carbocycles. The number of rotatable bonds is 5. The first-order valence-corrected chi connectivity index (χ1v) is 9.25. The number of halogens is 1. The van der Waals surface area contributed by atoms with Gasteiger partial charge in [-0.1, -0.05) is 29.3 Å². The molecule has 0 aliphatic heterocycles. The average Bonchev–Trinajstić information content (AvgIpc) is 2.60. The summed E-state index contributed by atoms with van der Waals surface area (Å²) in [4.78, 5) is 27.6. The van der Waals surface area contributed by atoms with Gasteiger partial charge in [-0.2, -0.15) is 4.31 Å². The fourth-order valence-electron chi connectivity index (χ4n) is 1.96. The van der Waals surface area contributed by atoms with E-state index in [0.29, 0.717) is 0 Å². The molecule has 0 unspecified atom stereocenters. The van der Waals surface area contributed by atoms with Crippen LogP contribution in [0, 0.1) is 6.92 Å². The quantitative estimate of drug-likeness (QED) is 0.581. The lowest BCUT2D eigenvalue weighted by atomic mass is 10.2. The number of aromatic nitrogens is 1. The van der Waals surface area contributed by atoms with Crippen LogP contribution in [-0.4, -0.2) is 43.1 Å². The number of pyridine rings is 1. The lowest BCUT2D eigenvalue weighted by Gasteiger charge is -2.17. The smallest absolute Gasteiger partial charge is 0.269 e. The van der Waals surface area contributed by atoms with Gasteiger partial charge in [0, 0.05) is 18.8 Å². The van der Waals surface area contributed by atoms with Crippen molar-refractivity contribution < 1.29 is 18.0 Å². The van der Waals surface area contributed by atoms with E-state index >= 15 is 0 Å². The molecule has 0 bridgehead atoms. The van der Waals surface area contributed by atoms with Crippen LogP contribution < -0.4 is 10.9 Å². The number of aryl methyl sites for hydroxylation is 1. The first-order valence-electron chi connectivity index (χ1n) is 7.44. The molecule has 8 nitrogen and oxygen atoms in total. The van der Waals surface area contributed by atoms with Gasteiger partial charge in [0.25, 0.3) is 11.8 Å². The van der Waals surface area contributed by atoms with E-state index in [4.69, 9.17) is 11.6 Å². The second-order valence-electron chi connectivity index (χ2n) is 5.44. The van der Waals surface area contributed by atoms with Crippen molar-refractivity contribution in [3.05, 3.63) is 58.9 Å². The van der Waals surface area contributed by atoms with Crippen molar-refractivity contribution in [1.82, 2.24) is 20.1 Å². The van der Waals surface area contributed by atoms with E-state index in [1.165, 1.54) is 37.5 Å². The van der Waals surface area contributed by atoms with E-state index in [9.17, 15) is 18.0 Å². The summed E-state index contributed by atoms with van der Waals surface area (Å²) in [7, 11) is -2.54. The van der Waals surface area contributed by atoms with E-state index in [1.807, 2.05) is 6.92 Å². The normalized spacial score (nSPS) is 11.2. The van der Waals surface area contributed by atoms with Crippen LogP contribution in [0.2, 0.25) is 5.15 Å². The van der Waals surface area contributed by atoms with Gasteiger partial charge in [0.2, 0.25) is 10.0 Å². The monoisotopic (exact) mass is 396 g/mol. The Bertz CT molecular complexity index is 916. The summed E-state index contributed by atoms with van der Waals surface area (Å²) < 4.78 is 25.7. The Hall–Kier alpha value is -2.49. The third-order valence-electron chi connectivity index (χ3n) is 3.40. The number of likely N-dealkylation sites (N-methyl/N-ethyl adjacent to an activating group) is 1. The zero-order valence-electron chi connectivity index (χ0n) is 14.1. The van der Waals surface area contributed by atoms with Crippen LogP contribution in [0.3, 0.4) is 0 Å². The Morgan fingerprint density at radius 2 is 1.81 bits per heavy atom. The van der Waals surface area contributed by atoms with Gasteiger partial charge in [0.1, 0.15) is 5.15 Å². The summed E-state index contributed by atoms with van der Waals surface area (Å²) in [5, 5.41) is 0.132. The molecule has 10 heteroatoms. The highest BCUT2D eigenvalue weighted by Crippen LogP contribution is 2.14. The molecule has 26 heavy (non-hydrogen) atoms. The van der Waals surface area contributed by atoms with Gasteiger partial charge in [0.15, 0.2) is 0 Å². The predicted molar refractivity (Wildman–Crippen MR) is 95.9 cm³/mol. The molecule has 0 atom stereocenters. The summed E-state index contributed by atoms with van der Waals surface area (Å²) >= 11 is 5.69. The van der Waals surface area contributed by atoms with Gasteiger partial charge in [-0.25, -0.2) is 13.4 Å². The molecule has 2 aromatic rings. The number of hydrazine groups is 1. The molecular weight excluding hydrogens is 380 g/mol. The third kappa shape index (κ3) is 5.01. The van der Waals surface area contributed by atoms with Crippen molar-refractivity contribution in [2.45, 2.75) is 11.8 Å². The third-order valence-corrected chi connectivity index (χ3v) is 5.42. The number of hydrogen-bond acceptors (Lipinski definition) is 5. The standard InChI is InChI=1S/C16H17ClN4O4S/c1-11-3-5-13(6-4-11)26(24,25)21(2)10-15(22)19-20-16(23)12-7-8-18-14(17)9-12/h3-9H,10H2,1-2H3,(H,19,22)(H,20,23). The van der Waals surface area contributed by atoms with Crippen LogP contribution in [0.4, 0.5) is 0 Å². The summed E-state index contributed by atoms with van der Waals surface area (Å²) in [5.74, 6) is -1.30. The minimum atomic E-state index is -3.81. The Balaban J connectivity index is 1.94. The highest BCUT2D eigenvalue weighted by molar-refractivity contribution is 7.89. The maximum atomic E-state index is 12.4. The molecule has 138 valence electrons. The number of carbonyl (C=O) groups is 2. The number of carbonyl (C=O) groups excluding carboxylic acids is 2. The number of sulfonamides is 1. The second kappa shape index (κ2) is 8.26. The van der Waals surface area contributed by atoms with Crippen molar-refractivity contribution in [2.24, 2.45) is 0 Å². The van der Waals surface area contributed by atoms with Gasteiger partial charge in [-0.05, 0) is 31.2 Å². The van der Waals surface area contributed by atoms with Crippen LogP contribution >= 0.6 is 11.6 Å². The molecule has 1 aromatic carbocycles.